The topological polar surface area (TPSA) is 108 Å². The number of fused-ring (bicyclic) bond motifs is 3. The first kappa shape index (κ1) is 23.6. The minimum Gasteiger partial charge on any atom is -0.493 e. The van der Waals surface area contributed by atoms with E-state index in [-0.39, 0.29) is 0 Å². The van der Waals surface area contributed by atoms with Crippen molar-refractivity contribution in [3.8, 4) is 11.5 Å². The van der Waals surface area contributed by atoms with E-state index in [1.807, 2.05) is 0 Å². The first-order valence-corrected chi connectivity index (χ1v) is 11.6. The number of nitrogens with zero attached hydrogens (tertiary/aromatic N) is 1. The Morgan fingerprint density at radius 3 is 2.56 bits per heavy atom. The Morgan fingerprint density at radius 1 is 1.03 bits per heavy atom. The van der Waals surface area contributed by atoms with E-state index in [0.717, 1.165) is 70.2 Å². The molecule has 0 saturated heterocycles. The van der Waals surface area contributed by atoms with E-state index in [1.54, 1.807) is 0 Å². The van der Waals surface area contributed by atoms with Crippen LogP contribution in [0.25, 0.3) is 0 Å². The number of carboxylic acid groups (broad SMARTS) is 2. The van der Waals surface area contributed by atoms with E-state index < -0.39 is 11.9 Å². The van der Waals surface area contributed by atoms with Crippen LogP contribution in [0.3, 0.4) is 0 Å². The molecule has 34 heavy (non-hydrogen) atoms. The molecule has 0 atom stereocenters. The Balaban J connectivity index is 0.000000297. The summed E-state index contributed by atoms with van der Waals surface area (Å²) >= 11 is 0. The second-order valence-corrected chi connectivity index (χ2v) is 8.52. The lowest BCUT2D eigenvalue weighted by atomic mass is 9.94. The van der Waals surface area contributed by atoms with Crippen LogP contribution in [-0.4, -0.2) is 55.0 Å². The van der Waals surface area contributed by atoms with E-state index >= 15 is 0 Å². The predicted molar refractivity (Wildman–Crippen MR) is 128 cm³/mol. The third-order valence-corrected chi connectivity index (χ3v) is 6.32. The Bertz CT molecular complexity index is 1090. The summed E-state index contributed by atoms with van der Waals surface area (Å²) in [4.78, 5) is 21.6. The van der Waals surface area contributed by atoms with Gasteiger partial charge in [0.25, 0.3) is 0 Å². The molecule has 180 valence electrons. The fourth-order valence-electron chi connectivity index (χ4n) is 4.81. The fourth-order valence-corrected chi connectivity index (χ4v) is 4.81. The average molecular weight is 467 g/mol. The van der Waals surface area contributed by atoms with Crippen LogP contribution in [0.15, 0.2) is 36.4 Å². The molecule has 3 heterocycles. The highest BCUT2D eigenvalue weighted by Crippen LogP contribution is 2.41. The van der Waals surface area contributed by atoms with E-state index in [9.17, 15) is 9.59 Å². The molecular weight excluding hydrogens is 436 g/mol. The third kappa shape index (κ3) is 5.34. The maximum absolute atomic E-state index is 9.55. The van der Waals surface area contributed by atoms with Gasteiger partial charge in [0.15, 0.2) is 0 Å². The largest absolute Gasteiger partial charge is 0.493 e. The lowest BCUT2D eigenvalue weighted by Crippen LogP contribution is -2.33. The number of benzene rings is 2. The highest BCUT2D eigenvalue weighted by atomic mass is 16.5. The summed E-state index contributed by atoms with van der Waals surface area (Å²) in [6.07, 6.45) is 4.34. The van der Waals surface area contributed by atoms with Gasteiger partial charge < -0.3 is 29.9 Å². The maximum atomic E-state index is 9.55. The highest BCUT2D eigenvalue weighted by molar-refractivity contribution is 5.89. The van der Waals surface area contributed by atoms with Gasteiger partial charge in [-0.25, -0.2) is 9.59 Å². The Morgan fingerprint density at radius 2 is 1.79 bits per heavy atom. The zero-order valence-electron chi connectivity index (χ0n) is 19.3. The molecule has 0 aromatic heterocycles. The van der Waals surface area contributed by atoms with Gasteiger partial charge in [-0.3, -0.25) is 0 Å². The van der Waals surface area contributed by atoms with Gasteiger partial charge in [0.2, 0.25) is 0 Å². The van der Waals surface area contributed by atoms with Gasteiger partial charge in [-0.2, -0.15) is 0 Å². The van der Waals surface area contributed by atoms with Crippen LogP contribution in [0, 0.1) is 6.92 Å². The molecule has 8 heteroatoms. The molecule has 2 aromatic carbocycles. The molecule has 3 N–H and O–H groups in total. The van der Waals surface area contributed by atoms with Crippen LogP contribution in [0.5, 0.6) is 11.5 Å². The quantitative estimate of drug-likeness (QED) is 0.591. The van der Waals surface area contributed by atoms with Crippen LogP contribution in [-0.2, 0) is 35.4 Å². The van der Waals surface area contributed by atoms with Gasteiger partial charge in [-0.15, -0.1) is 0 Å². The normalized spacial score (nSPS) is 16.2. The minimum atomic E-state index is -1.26. The summed E-state index contributed by atoms with van der Waals surface area (Å²) < 4.78 is 12.0. The number of nitrogens with one attached hydrogen (secondary N) is 1. The molecule has 3 aliphatic rings. The van der Waals surface area contributed by atoms with Crippen LogP contribution in [0.1, 0.15) is 27.8 Å². The number of aliphatic carboxylic acids is 2. The van der Waals surface area contributed by atoms with E-state index in [1.165, 1.54) is 33.5 Å². The lowest BCUT2D eigenvalue weighted by molar-refractivity contribution is -0.134. The first-order valence-electron chi connectivity index (χ1n) is 11.6. The molecule has 0 radical (unpaired) electrons. The van der Waals surface area contributed by atoms with Gasteiger partial charge >= 0.3 is 11.9 Å². The lowest BCUT2D eigenvalue weighted by Gasteiger charge is -2.34. The summed E-state index contributed by atoms with van der Waals surface area (Å²) in [5.74, 6) is -0.347. The van der Waals surface area contributed by atoms with Gasteiger partial charge in [0, 0.05) is 30.7 Å². The molecule has 5 rings (SSSR count). The van der Waals surface area contributed by atoms with Crippen molar-refractivity contribution in [1.82, 2.24) is 5.32 Å². The maximum Gasteiger partial charge on any atom is 0.328 e. The van der Waals surface area contributed by atoms with E-state index in [4.69, 9.17) is 19.7 Å². The van der Waals surface area contributed by atoms with Crippen LogP contribution in [0.2, 0.25) is 0 Å². The second-order valence-electron chi connectivity index (χ2n) is 8.52. The monoisotopic (exact) mass is 466 g/mol. The number of hydrogen-bond donors (Lipinski definition) is 3. The van der Waals surface area contributed by atoms with Crippen molar-refractivity contribution in [1.29, 1.82) is 0 Å². The van der Waals surface area contributed by atoms with Crippen molar-refractivity contribution < 1.29 is 29.3 Å². The van der Waals surface area contributed by atoms with Crippen molar-refractivity contribution in [2.24, 2.45) is 0 Å². The summed E-state index contributed by atoms with van der Waals surface area (Å²) in [7, 11) is 0. The molecule has 2 aromatic rings. The van der Waals surface area contributed by atoms with Crippen LogP contribution in [0.4, 0.5) is 5.69 Å². The predicted octanol–water partition coefficient (Wildman–Crippen LogP) is 2.73. The highest BCUT2D eigenvalue weighted by Gasteiger charge is 2.26. The smallest absolute Gasteiger partial charge is 0.328 e. The SMILES string of the molecule is Cc1c2c(cc3c1N(Cc1cccc4c1OCC4)CCO3)CCNCC2.O=C(O)/C=C/C(=O)O. The van der Waals surface area contributed by atoms with Crippen molar-refractivity contribution >= 4 is 17.6 Å². The molecule has 0 aliphatic carbocycles. The van der Waals surface area contributed by atoms with Crippen molar-refractivity contribution in [3.05, 3.63) is 64.2 Å². The number of anilines is 1. The molecule has 0 fully saturated rings. The first-order chi connectivity index (χ1) is 16.4. The molecular formula is C26H30N2O6. The van der Waals surface area contributed by atoms with Gasteiger partial charge in [0.1, 0.15) is 18.1 Å². The number of carboxylic acids is 2. The standard InChI is InChI=1S/C22H26N2O2.C4H4O4/c1-15-19-6-9-23-8-5-17(19)13-20-21(15)24(10-12-25-20)14-18-4-2-3-16-7-11-26-22(16)18;5-3(6)1-2-4(7)8/h2-4,13,23H,5-12,14H2,1H3;1-2H,(H,5,6)(H,7,8)/b;2-1+. The molecule has 0 amide bonds. The Labute approximate surface area is 198 Å². The van der Waals surface area contributed by atoms with Crippen LogP contribution >= 0.6 is 0 Å². The molecule has 0 saturated carbocycles. The Hall–Kier alpha value is -3.52. The van der Waals surface area contributed by atoms with E-state index in [0.29, 0.717) is 12.2 Å². The van der Waals surface area contributed by atoms with Gasteiger partial charge in [0.05, 0.1) is 18.8 Å². The summed E-state index contributed by atoms with van der Waals surface area (Å²) in [5.41, 5.74) is 8.29. The number of hydrogen-bond acceptors (Lipinski definition) is 6. The van der Waals surface area contributed by atoms with Crippen molar-refractivity contribution in [2.45, 2.75) is 32.7 Å². The number of para-hydroxylation sites is 1. The molecule has 8 nitrogen and oxygen atoms in total. The van der Waals surface area contributed by atoms with Crippen molar-refractivity contribution in [3.63, 3.8) is 0 Å². The van der Waals surface area contributed by atoms with Crippen LogP contribution < -0.4 is 19.7 Å². The molecule has 0 spiro atoms. The average Bonchev–Trinajstić information content (AvgIpc) is 3.17. The molecule has 0 bridgehead atoms. The zero-order valence-corrected chi connectivity index (χ0v) is 19.3. The van der Waals surface area contributed by atoms with Gasteiger partial charge in [-0.1, -0.05) is 18.2 Å². The third-order valence-electron chi connectivity index (χ3n) is 6.32. The van der Waals surface area contributed by atoms with E-state index in [2.05, 4.69) is 41.4 Å². The number of ether oxygens (including phenoxy) is 2. The fraction of sp³-hybridized carbons (Fsp3) is 0.385. The summed E-state index contributed by atoms with van der Waals surface area (Å²) in [6, 6.07) is 8.86. The molecule has 0 unspecified atom stereocenters. The Kier molecular flexibility index (Phi) is 7.37. The minimum absolute atomic E-state index is 0.558. The van der Waals surface area contributed by atoms with Gasteiger partial charge in [-0.05, 0) is 61.2 Å². The summed E-state index contributed by atoms with van der Waals surface area (Å²) in [5, 5.41) is 19.1. The second kappa shape index (κ2) is 10.6. The van der Waals surface area contributed by atoms with Crippen molar-refractivity contribution in [2.75, 3.05) is 37.7 Å². The number of rotatable bonds is 4. The molecule has 3 aliphatic heterocycles. The number of carbonyl (C=O) groups is 2. The summed E-state index contributed by atoms with van der Waals surface area (Å²) in [6.45, 7) is 7.77. The zero-order chi connectivity index (χ0) is 24.1.